The fraction of sp³-hybridized carbons (Fsp3) is 0.500. The van der Waals surface area contributed by atoms with E-state index in [1.54, 1.807) is 24.1 Å². The topological polar surface area (TPSA) is 79.3 Å². The number of nitrogens with zero attached hydrogens (tertiary/aromatic N) is 3. The van der Waals surface area contributed by atoms with E-state index < -0.39 is 0 Å². The van der Waals surface area contributed by atoms with Crippen molar-refractivity contribution in [1.29, 1.82) is 0 Å². The lowest BCUT2D eigenvalue weighted by atomic mass is 10.2. The van der Waals surface area contributed by atoms with Crippen LogP contribution in [0.25, 0.3) is 11.0 Å². The third-order valence-corrected chi connectivity index (χ3v) is 3.79. The Balaban J connectivity index is 2.23. The molecule has 0 bridgehead atoms. The van der Waals surface area contributed by atoms with E-state index in [9.17, 15) is 9.59 Å². The first-order valence-electron chi connectivity index (χ1n) is 8.47. The number of imidazole rings is 1. The molecule has 1 aromatic heterocycles. The summed E-state index contributed by atoms with van der Waals surface area (Å²) in [5.41, 5.74) is 2.25. The Morgan fingerprint density at radius 3 is 2.40 bits per heavy atom. The summed E-state index contributed by atoms with van der Waals surface area (Å²) in [5, 5.41) is 5.73. The molecule has 2 rings (SSSR count). The summed E-state index contributed by atoms with van der Waals surface area (Å²) in [6.07, 6.45) is 0. The molecule has 0 aliphatic rings. The van der Waals surface area contributed by atoms with Gasteiger partial charge in [0.05, 0.1) is 17.6 Å². The van der Waals surface area contributed by atoms with Gasteiger partial charge in [0.1, 0.15) is 5.82 Å². The zero-order valence-electron chi connectivity index (χ0n) is 15.8. The molecule has 0 unspecified atom stereocenters. The minimum Gasteiger partial charge on any atom is -0.350 e. The average Bonchev–Trinajstić information content (AvgIpc) is 2.81. The molecule has 136 valence electrons. The number of hydrogen-bond donors (Lipinski definition) is 2. The molecule has 0 atom stereocenters. The van der Waals surface area contributed by atoms with Crippen LogP contribution in [0.5, 0.6) is 0 Å². The lowest BCUT2D eigenvalue weighted by molar-refractivity contribution is 0.0943. The largest absolute Gasteiger partial charge is 0.350 e. The van der Waals surface area contributed by atoms with Crippen molar-refractivity contribution in [2.45, 2.75) is 46.3 Å². The Kier molecular flexibility index (Phi) is 5.66. The van der Waals surface area contributed by atoms with Crippen LogP contribution in [0.4, 0.5) is 4.79 Å². The summed E-state index contributed by atoms with van der Waals surface area (Å²) < 4.78 is 1.94. The Morgan fingerprint density at radius 1 is 1.16 bits per heavy atom. The normalized spacial score (nSPS) is 11.2. The van der Waals surface area contributed by atoms with Crippen LogP contribution < -0.4 is 10.6 Å². The smallest absolute Gasteiger partial charge is 0.317 e. The van der Waals surface area contributed by atoms with Gasteiger partial charge in [-0.15, -0.1) is 0 Å². The third kappa shape index (κ3) is 4.49. The van der Waals surface area contributed by atoms with E-state index in [0.717, 1.165) is 16.9 Å². The second-order valence-electron chi connectivity index (χ2n) is 6.88. The molecule has 0 aliphatic heterocycles. The summed E-state index contributed by atoms with van der Waals surface area (Å²) in [5.74, 6) is 0.648. The van der Waals surface area contributed by atoms with E-state index in [0.29, 0.717) is 12.1 Å². The fourth-order valence-corrected chi connectivity index (χ4v) is 2.52. The number of carbonyl (C=O) groups excluding carboxylic acids is 2. The predicted molar refractivity (Wildman–Crippen MR) is 98.5 cm³/mol. The molecule has 0 spiro atoms. The summed E-state index contributed by atoms with van der Waals surface area (Å²) >= 11 is 0. The summed E-state index contributed by atoms with van der Waals surface area (Å²) in [6.45, 7) is 8.08. The number of rotatable bonds is 5. The van der Waals surface area contributed by atoms with Gasteiger partial charge in [0.2, 0.25) is 0 Å². The van der Waals surface area contributed by atoms with Crippen LogP contribution >= 0.6 is 0 Å². The molecule has 0 fully saturated rings. The van der Waals surface area contributed by atoms with Crippen LogP contribution in [0.15, 0.2) is 18.2 Å². The van der Waals surface area contributed by atoms with Crippen LogP contribution in [-0.2, 0) is 13.6 Å². The highest BCUT2D eigenvalue weighted by Gasteiger charge is 2.16. The minimum absolute atomic E-state index is 0.0793. The predicted octanol–water partition coefficient (Wildman–Crippen LogP) is 2.26. The zero-order chi connectivity index (χ0) is 18.7. The van der Waals surface area contributed by atoms with E-state index >= 15 is 0 Å². The van der Waals surface area contributed by atoms with E-state index in [2.05, 4.69) is 15.6 Å². The molecule has 1 heterocycles. The Hall–Kier alpha value is -2.57. The number of fused-ring (bicyclic) bond motifs is 1. The Morgan fingerprint density at radius 2 is 1.80 bits per heavy atom. The van der Waals surface area contributed by atoms with E-state index in [1.807, 2.05) is 45.4 Å². The summed E-state index contributed by atoms with van der Waals surface area (Å²) in [6, 6.07) is 5.48. The second-order valence-corrected chi connectivity index (χ2v) is 6.88. The molecule has 7 nitrogen and oxygen atoms in total. The van der Waals surface area contributed by atoms with E-state index in [4.69, 9.17) is 0 Å². The van der Waals surface area contributed by atoms with Crippen LogP contribution in [0.2, 0.25) is 0 Å². The van der Waals surface area contributed by atoms with Crippen molar-refractivity contribution in [2.24, 2.45) is 7.05 Å². The number of urea groups is 1. The average molecular weight is 345 g/mol. The van der Waals surface area contributed by atoms with Crippen LogP contribution in [0, 0.1) is 0 Å². The molecule has 3 amide bonds. The number of nitrogens with one attached hydrogen (secondary N) is 2. The van der Waals surface area contributed by atoms with Crippen LogP contribution in [-0.4, -0.2) is 45.5 Å². The van der Waals surface area contributed by atoms with Crippen molar-refractivity contribution in [2.75, 3.05) is 7.05 Å². The molecule has 0 saturated carbocycles. The highest BCUT2D eigenvalue weighted by Crippen LogP contribution is 2.18. The number of amides is 3. The van der Waals surface area contributed by atoms with Crippen LogP contribution in [0.1, 0.15) is 43.9 Å². The van der Waals surface area contributed by atoms with Gasteiger partial charge in [-0.2, -0.15) is 0 Å². The summed E-state index contributed by atoms with van der Waals surface area (Å²) in [4.78, 5) is 30.4. The number of benzene rings is 1. The van der Waals surface area contributed by atoms with Crippen molar-refractivity contribution in [3.8, 4) is 0 Å². The number of carbonyl (C=O) groups is 2. The zero-order valence-corrected chi connectivity index (χ0v) is 15.8. The molecule has 0 aliphatic carbocycles. The Bertz CT molecular complexity index is 779. The van der Waals surface area contributed by atoms with Gasteiger partial charge in [-0.05, 0) is 45.9 Å². The molecular formula is C18H27N5O2. The van der Waals surface area contributed by atoms with Gasteiger partial charge in [-0.25, -0.2) is 9.78 Å². The molecule has 1 aromatic carbocycles. The van der Waals surface area contributed by atoms with Gasteiger partial charge < -0.3 is 20.1 Å². The number of aromatic nitrogens is 2. The maximum absolute atomic E-state index is 12.2. The summed E-state index contributed by atoms with van der Waals surface area (Å²) in [7, 11) is 3.64. The second kappa shape index (κ2) is 7.55. The Labute approximate surface area is 148 Å². The van der Waals surface area contributed by atoms with Gasteiger partial charge in [-0.1, -0.05) is 0 Å². The molecule has 7 heteroatoms. The first-order valence-corrected chi connectivity index (χ1v) is 8.47. The van der Waals surface area contributed by atoms with Crippen molar-refractivity contribution >= 4 is 23.0 Å². The lowest BCUT2D eigenvalue weighted by Gasteiger charge is -2.19. The highest BCUT2D eigenvalue weighted by atomic mass is 16.2. The number of aryl methyl sites for hydroxylation is 1. The van der Waals surface area contributed by atoms with E-state index in [1.165, 1.54) is 0 Å². The highest BCUT2D eigenvalue weighted by molar-refractivity contribution is 5.97. The van der Waals surface area contributed by atoms with Crippen LogP contribution in [0.3, 0.4) is 0 Å². The van der Waals surface area contributed by atoms with Gasteiger partial charge in [0.15, 0.2) is 0 Å². The first kappa shape index (κ1) is 18.8. The van der Waals surface area contributed by atoms with Crippen molar-refractivity contribution in [3.05, 3.63) is 29.6 Å². The molecule has 2 aromatic rings. The minimum atomic E-state index is -0.140. The SMILES string of the molecule is CC(C)NC(=O)c1ccc2c(c1)nc(CN(C)C(=O)NC(C)C)n2C. The maximum atomic E-state index is 12.2. The quantitative estimate of drug-likeness (QED) is 0.872. The first-order chi connectivity index (χ1) is 11.7. The molecule has 0 saturated heterocycles. The molecular weight excluding hydrogens is 318 g/mol. The van der Waals surface area contributed by atoms with Gasteiger partial charge in [-0.3, -0.25) is 4.79 Å². The van der Waals surface area contributed by atoms with Crippen molar-refractivity contribution < 1.29 is 9.59 Å². The monoisotopic (exact) mass is 345 g/mol. The standard InChI is InChI=1S/C18H27N5O2/c1-11(2)19-17(24)13-7-8-15-14(9-13)21-16(23(15)6)10-22(5)18(25)20-12(3)4/h7-9,11-12H,10H2,1-6H3,(H,19,24)(H,20,25). The van der Waals surface area contributed by atoms with Crippen molar-refractivity contribution in [1.82, 2.24) is 25.1 Å². The molecule has 25 heavy (non-hydrogen) atoms. The van der Waals surface area contributed by atoms with Gasteiger partial charge in [0, 0.05) is 31.7 Å². The van der Waals surface area contributed by atoms with Gasteiger partial charge in [0.25, 0.3) is 5.91 Å². The molecule has 0 radical (unpaired) electrons. The fourth-order valence-electron chi connectivity index (χ4n) is 2.52. The third-order valence-electron chi connectivity index (χ3n) is 3.79. The lowest BCUT2D eigenvalue weighted by Crippen LogP contribution is -2.40. The maximum Gasteiger partial charge on any atom is 0.317 e. The van der Waals surface area contributed by atoms with Crippen molar-refractivity contribution in [3.63, 3.8) is 0 Å². The van der Waals surface area contributed by atoms with Gasteiger partial charge >= 0.3 is 6.03 Å². The van der Waals surface area contributed by atoms with E-state index in [-0.39, 0.29) is 24.0 Å². The number of hydrogen-bond acceptors (Lipinski definition) is 3. The molecule has 2 N–H and O–H groups in total.